The summed E-state index contributed by atoms with van der Waals surface area (Å²) in [4.78, 5) is 29.6. The molecule has 33 heavy (non-hydrogen) atoms. The molecular weight excluding hydrogens is 458 g/mol. The molecule has 1 saturated heterocycles. The lowest BCUT2D eigenvalue weighted by Crippen LogP contribution is -2.38. The molecule has 0 spiro atoms. The molecule has 1 atom stereocenters. The molecule has 0 aromatic heterocycles. The molecule has 1 aliphatic heterocycles. The van der Waals surface area contributed by atoms with Crippen LogP contribution < -0.4 is 15.0 Å². The molecule has 0 radical (unpaired) electrons. The number of thiocarbonyl (C=S) groups is 1. The molecule has 1 aliphatic rings. The van der Waals surface area contributed by atoms with E-state index >= 15 is 0 Å². The lowest BCUT2D eigenvalue weighted by molar-refractivity contribution is -0.124. The second-order valence-corrected chi connectivity index (χ2v) is 8.84. The van der Waals surface area contributed by atoms with Crippen molar-refractivity contribution in [3.05, 3.63) is 53.6 Å². The lowest BCUT2D eigenvalue weighted by atomic mass is 10.1. The topological polar surface area (TPSA) is 61.9 Å². The third-order valence-corrected chi connectivity index (χ3v) is 6.29. The van der Waals surface area contributed by atoms with Gasteiger partial charge in [0, 0.05) is 17.3 Å². The van der Waals surface area contributed by atoms with Crippen molar-refractivity contribution in [2.75, 3.05) is 23.9 Å². The first-order chi connectivity index (χ1) is 15.9. The monoisotopic (exact) mass is 487 g/mol. The summed E-state index contributed by atoms with van der Waals surface area (Å²) < 4.78 is 5.15. The van der Waals surface area contributed by atoms with Gasteiger partial charge in [-0.1, -0.05) is 50.3 Å². The number of methoxy groups -OCH3 is 1. The zero-order chi connectivity index (χ0) is 23.8. The Balaban J connectivity index is 1.74. The predicted molar refractivity (Wildman–Crippen MR) is 137 cm³/mol. The number of anilines is 2. The number of amides is 2. The highest BCUT2D eigenvalue weighted by molar-refractivity contribution is 7.80. The van der Waals surface area contributed by atoms with Gasteiger partial charge in [0.2, 0.25) is 5.91 Å². The van der Waals surface area contributed by atoms with E-state index in [1.807, 2.05) is 4.90 Å². The maximum Gasteiger partial charge on any atom is 0.256 e. The number of nitrogens with one attached hydrogen (secondary N) is 1. The van der Waals surface area contributed by atoms with Gasteiger partial charge in [-0.15, -0.1) is 0 Å². The van der Waals surface area contributed by atoms with Gasteiger partial charge in [0.15, 0.2) is 5.11 Å². The van der Waals surface area contributed by atoms with Gasteiger partial charge in [0.25, 0.3) is 5.91 Å². The van der Waals surface area contributed by atoms with Gasteiger partial charge < -0.3 is 15.0 Å². The number of ether oxygens (including phenoxy) is 1. The molecule has 176 valence electrons. The molecule has 1 N–H and O–H groups in total. The van der Waals surface area contributed by atoms with Crippen molar-refractivity contribution in [3.63, 3.8) is 0 Å². The Labute approximate surface area is 205 Å². The highest BCUT2D eigenvalue weighted by Gasteiger charge is 2.43. The minimum Gasteiger partial charge on any atom is -0.497 e. The molecule has 3 rings (SSSR count). The van der Waals surface area contributed by atoms with Crippen LogP contribution >= 0.6 is 23.8 Å². The third-order valence-electron chi connectivity index (χ3n) is 5.64. The highest BCUT2D eigenvalue weighted by atomic mass is 35.5. The molecule has 1 heterocycles. The van der Waals surface area contributed by atoms with E-state index in [1.54, 1.807) is 55.6 Å². The van der Waals surface area contributed by atoms with Crippen LogP contribution in [0.25, 0.3) is 0 Å². The normalized spacial score (nSPS) is 15.8. The summed E-state index contributed by atoms with van der Waals surface area (Å²) in [7, 11) is 1.59. The Kier molecular flexibility index (Phi) is 9.09. The largest absolute Gasteiger partial charge is 0.497 e. The summed E-state index contributed by atoms with van der Waals surface area (Å²) in [5.74, 6) is 0.252. The third kappa shape index (κ3) is 6.45. The van der Waals surface area contributed by atoms with Gasteiger partial charge in [-0.25, -0.2) is 0 Å². The zero-order valence-corrected chi connectivity index (χ0v) is 20.6. The van der Waals surface area contributed by atoms with Crippen molar-refractivity contribution in [1.29, 1.82) is 0 Å². The minimum atomic E-state index is -0.652. The van der Waals surface area contributed by atoms with Crippen LogP contribution in [-0.4, -0.2) is 41.5 Å². The summed E-state index contributed by atoms with van der Waals surface area (Å²) in [6.45, 7) is 2.81. The standard InChI is InChI=1S/C25H30ClN3O3S/c1-3-4-5-6-7-15-28-22(17-23(30)27-19-11-13-21(32-2)14-12-19)24(31)29(25(28)33)20-10-8-9-18(26)16-20/h8-14,16,22H,3-7,15,17H2,1-2H3,(H,27,30). The van der Waals surface area contributed by atoms with Gasteiger partial charge in [-0.05, 0) is 61.1 Å². The number of carbonyl (C=O) groups excluding carboxylic acids is 2. The van der Waals surface area contributed by atoms with E-state index in [1.165, 1.54) is 11.3 Å². The van der Waals surface area contributed by atoms with E-state index in [4.69, 9.17) is 28.6 Å². The van der Waals surface area contributed by atoms with Gasteiger partial charge in [-0.2, -0.15) is 0 Å². The van der Waals surface area contributed by atoms with Crippen LogP contribution in [0, 0.1) is 0 Å². The second kappa shape index (κ2) is 12.0. The number of nitrogens with zero attached hydrogens (tertiary/aromatic N) is 2. The van der Waals surface area contributed by atoms with Crippen LogP contribution in [0.15, 0.2) is 48.5 Å². The number of halogens is 1. The van der Waals surface area contributed by atoms with Crippen molar-refractivity contribution in [2.24, 2.45) is 0 Å². The van der Waals surface area contributed by atoms with Crippen LogP contribution in [0.2, 0.25) is 5.02 Å². The van der Waals surface area contributed by atoms with E-state index in [2.05, 4.69) is 12.2 Å². The number of unbranched alkanes of at least 4 members (excludes halogenated alkanes) is 4. The number of rotatable bonds is 11. The van der Waals surface area contributed by atoms with Gasteiger partial charge in [0.1, 0.15) is 11.8 Å². The van der Waals surface area contributed by atoms with Gasteiger partial charge in [-0.3, -0.25) is 14.5 Å². The molecule has 6 nitrogen and oxygen atoms in total. The van der Waals surface area contributed by atoms with Crippen LogP contribution in [0.5, 0.6) is 5.75 Å². The number of carbonyl (C=O) groups is 2. The number of hydrogen-bond acceptors (Lipinski definition) is 4. The molecule has 1 fully saturated rings. The average molecular weight is 488 g/mol. The van der Waals surface area contributed by atoms with Crippen LogP contribution in [-0.2, 0) is 9.59 Å². The second-order valence-electron chi connectivity index (χ2n) is 8.04. The average Bonchev–Trinajstić information content (AvgIpc) is 3.03. The number of benzene rings is 2. The maximum atomic E-state index is 13.4. The van der Waals surface area contributed by atoms with Gasteiger partial charge >= 0.3 is 0 Å². The summed E-state index contributed by atoms with van der Waals surface area (Å²) in [5.41, 5.74) is 1.26. The highest BCUT2D eigenvalue weighted by Crippen LogP contribution is 2.29. The van der Waals surface area contributed by atoms with E-state index in [9.17, 15) is 9.59 Å². The van der Waals surface area contributed by atoms with Crippen molar-refractivity contribution >= 4 is 52.1 Å². The summed E-state index contributed by atoms with van der Waals surface area (Å²) in [6.07, 6.45) is 5.47. The molecule has 2 aromatic carbocycles. The molecule has 0 bridgehead atoms. The molecule has 2 amide bonds. The van der Waals surface area contributed by atoms with E-state index in [-0.39, 0.29) is 18.2 Å². The Morgan fingerprint density at radius 3 is 2.52 bits per heavy atom. The first-order valence-electron chi connectivity index (χ1n) is 11.3. The van der Waals surface area contributed by atoms with E-state index in [0.29, 0.717) is 33.8 Å². The molecule has 0 saturated carbocycles. The fourth-order valence-corrected chi connectivity index (χ4v) is 4.49. The van der Waals surface area contributed by atoms with Crippen molar-refractivity contribution in [3.8, 4) is 5.75 Å². The smallest absolute Gasteiger partial charge is 0.256 e. The number of hydrogen-bond donors (Lipinski definition) is 1. The summed E-state index contributed by atoms with van der Waals surface area (Å²) in [5, 5.41) is 3.81. The Morgan fingerprint density at radius 1 is 1.12 bits per heavy atom. The summed E-state index contributed by atoms with van der Waals surface area (Å²) in [6, 6.07) is 13.5. The molecule has 0 aliphatic carbocycles. The van der Waals surface area contributed by atoms with Crippen LogP contribution in [0.3, 0.4) is 0 Å². The van der Waals surface area contributed by atoms with Gasteiger partial charge in [0.05, 0.1) is 19.2 Å². The molecule has 2 aromatic rings. The lowest BCUT2D eigenvalue weighted by Gasteiger charge is -2.24. The Hall–Kier alpha value is -2.64. The van der Waals surface area contributed by atoms with Crippen LogP contribution in [0.4, 0.5) is 11.4 Å². The molecule has 1 unspecified atom stereocenters. The summed E-state index contributed by atoms with van der Waals surface area (Å²) >= 11 is 11.8. The first kappa shape index (κ1) is 25.0. The molecule has 8 heteroatoms. The first-order valence-corrected chi connectivity index (χ1v) is 12.1. The quantitative estimate of drug-likeness (QED) is 0.328. The Bertz CT molecular complexity index is 983. The minimum absolute atomic E-state index is 0.0109. The Morgan fingerprint density at radius 2 is 1.85 bits per heavy atom. The predicted octanol–water partition coefficient (Wildman–Crippen LogP) is 5.65. The van der Waals surface area contributed by atoms with Crippen LogP contribution in [0.1, 0.15) is 45.4 Å². The zero-order valence-electron chi connectivity index (χ0n) is 19.1. The van der Waals surface area contributed by atoms with E-state index < -0.39 is 6.04 Å². The van der Waals surface area contributed by atoms with Crippen molar-refractivity contribution in [1.82, 2.24) is 4.90 Å². The van der Waals surface area contributed by atoms with E-state index in [0.717, 1.165) is 25.7 Å². The SMILES string of the molecule is CCCCCCCN1C(=S)N(c2cccc(Cl)c2)C(=O)C1CC(=O)Nc1ccc(OC)cc1. The van der Waals surface area contributed by atoms with Crippen molar-refractivity contribution < 1.29 is 14.3 Å². The maximum absolute atomic E-state index is 13.4. The molecular formula is C25H30ClN3O3S. The fourth-order valence-electron chi connectivity index (χ4n) is 3.89. The van der Waals surface area contributed by atoms with Crippen molar-refractivity contribution in [2.45, 2.75) is 51.5 Å². The fraction of sp³-hybridized carbons (Fsp3) is 0.400.